The molecule has 1 aliphatic heterocycles. The monoisotopic (exact) mass is 553 g/mol. The van der Waals surface area contributed by atoms with E-state index in [1.54, 1.807) is 25.6 Å². The van der Waals surface area contributed by atoms with Crippen LogP contribution < -0.4 is 15.0 Å². The third kappa shape index (κ3) is 5.28. The molecule has 4 heterocycles. The van der Waals surface area contributed by atoms with E-state index >= 15 is 4.39 Å². The van der Waals surface area contributed by atoms with Gasteiger partial charge in [0.25, 0.3) is 0 Å². The molecular formula is C32H29F2N5O2. The lowest BCUT2D eigenvalue weighted by Gasteiger charge is -2.30. The van der Waals surface area contributed by atoms with Gasteiger partial charge in [-0.1, -0.05) is 6.07 Å². The maximum atomic E-state index is 15.5. The zero-order valence-electron chi connectivity index (χ0n) is 23.0. The Hall–Kier alpha value is -4.63. The van der Waals surface area contributed by atoms with Crippen molar-refractivity contribution in [1.29, 1.82) is 0 Å². The maximum absolute atomic E-state index is 15.5. The molecule has 0 atom stereocenters. The van der Waals surface area contributed by atoms with Crippen LogP contribution in [0.5, 0.6) is 5.88 Å². The minimum Gasteiger partial charge on any atom is -0.481 e. The van der Waals surface area contributed by atoms with Crippen LogP contribution in [-0.2, 0) is 4.74 Å². The molecule has 2 aromatic carbocycles. The van der Waals surface area contributed by atoms with Crippen molar-refractivity contribution < 1.29 is 18.3 Å². The molecule has 0 saturated carbocycles. The van der Waals surface area contributed by atoms with Crippen molar-refractivity contribution in [3.63, 3.8) is 0 Å². The van der Waals surface area contributed by atoms with Crippen LogP contribution in [0, 0.1) is 25.5 Å². The molecule has 208 valence electrons. The van der Waals surface area contributed by atoms with Gasteiger partial charge in [-0.15, -0.1) is 0 Å². The molecule has 41 heavy (non-hydrogen) atoms. The van der Waals surface area contributed by atoms with Crippen LogP contribution >= 0.6 is 0 Å². The van der Waals surface area contributed by atoms with Crippen LogP contribution in [0.25, 0.3) is 33.4 Å². The molecule has 1 saturated heterocycles. The van der Waals surface area contributed by atoms with Gasteiger partial charge in [-0.25, -0.2) is 18.7 Å². The molecule has 0 radical (unpaired) electrons. The van der Waals surface area contributed by atoms with Gasteiger partial charge in [0.1, 0.15) is 11.6 Å². The van der Waals surface area contributed by atoms with Crippen molar-refractivity contribution in [2.75, 3.05) is 43.6 Å². The molecule has 0 bridgehead atoms. The standard InChI is InChI=1S/C32H29F2N5O2/c1-19-8-9-35-28(14-19)31-20(2)32(30-25(34)15-22(33)16-27(30)38-31)37-26-17-23(39-10-12-41-13-11-39)5-6-24(26)21-4-7-29(40-3)36-18-21/h4-9,14-18H,10-13H2,1-3H3,(H,37,38). The number of aryl methyl sites for hydroxylation is 1. The summed E-state index contributed by atoms with van der Waals surface area (Å²) in [4.78, 5) is 15.8. The van der Waals surface area contributed by atoms with Crippen LogP contribution in [0.2, 0.25) is 0 Å². The predicted octanol–water partition coefficient (Wildman–Crippen LogP) is 6.84. The first-order valence-electron chi connectivity index (χ1n) is 13.4. The largest absolute Gasteiger partial charge is 0.481 e. The number of methoxy groups -OCH3 is 1. The number of aromatic nitrogens is 3. The third-order valence-corrected chi connectivity index (χ3v) is 7.30. The quantitative estimate of drug-likeness (QED) is 0.247. The van der Waals surface area contributed by atoms with Gasteiger partial charge in [-0.2, -0.15) is 0 Å². The molecule has 5 aromatic rings. The van der Waals surface area contributed by atoms with Gasteiger partial charge in [0, 0.05) is 71.7 Å². The van der Waals surface area contributed by atoms with Crippen molar-refractivity contribution in [1.82, 2.24) is 15.0 Å². The number of anilines is 3. The zero-order valence-corrected chi connectivity index (χ0v) is 23.0. The lowest BCUT2D eigenvalue weighted by molar-refractivity contribution is 0.122. The Morgan fingerprint density at radius 2 is 1.78 bits per heavy atom. The average molecular weight is 554 g/mol. The molecule has 1 N–H and O–H groups in total. The van der Waals surface area contributed by atoms with Gasteiger partial charge >= 0.3 is 0 Å². The van der Waals surface area contributed by atoms with Crippen LogP contribution in [0.4, 0.5) is 25.8 Å². The van der Waals surface area contributed by atoms with E-state index in [4.69, 9.17) is 9.47 Å². The highest BCUT2D eigenvalue weighted by Crippen LogP contribution is 2.40. The molecule has 1 aliphatic rings. The fourth-order valence-corrected chi connectivity index (χ4v) is 5.18. The third-order valence-electron chi connectivity index (χ3n) is 7.30. The highest BCUT2D eigenvalue weighted by molar-refractivity contribution is 5.99. The number of ether oxygens (including phenoxy) is 2. The number of fused-ring (bicyclic) bond motifs is 1. The van der Waals surface area contributed by atoms with Gasteiger partial charge in [0.2, 0.25) is 5.88 Å². The predicted molar refractivity (Wildman–Crippen MR) is 157 cm³/mol. The highest BCUT2D eigenvalue weighted by Gasteiger charge is 2.21. The fraction of sp³-hybridized carbons (Fsp3) is 0.219. The molecule has 7 nitrogen and oxygen atoms in total. The van der Waals surface area contributed by atoms with Crippen molar-refractivity contribution in [3.8, 4) is 28.4 Å². The Morgan fingerprint density at radius 3 is 2.51 bits per heavy atom. The summed E-state index contributed by atoms with van der Waals surface area (Å²) in [6.07, 6.45) is 3.44. The molecule has 9 heteroatoms. The molecule has 0 amide bonds. The Labute approximate surface area is 236 Å². The van der Waals surface area contributed by atoms with Gasteiger partial charge in [0.05, 0.1) is 48.3 Å². The molecule has 6 rings (SSSR count). The molecule has 0 unspecified atom stereocenters. The van der Waals surface area contributed by atoms with E-state index in [1.807, 2.05) is 44.2 Å². The number of hydrogen-bond donors (Lipinski definition) is 1. The van der Waals surface area contributed by atoms with E-state index < -0.39 is 11.6 Å². The van der Waals surface area contributed by atoms with E-state index in [0.29, 0.717) is 41.7 Å². The van der Waals surface area contributed by atoms with Gasteiger partial charge < -0.3 is 19.7 Å². The molecule has 3 aromatic heterocycles. The second-order valence-electron chi connectivity index (χ2n) is 10.0. The second kappa shape index (κ2) is 11.1. The number of halogens is 2. The van der Waals surface area contributed by atoms with Crippen molar-refractivity contribution in [2.24, 2.45) is 0 Å². The first-order valence-corrected chi connectivity index (χ1v) is 13.4. The van der Waals surface area contributed by atoms with Gasteiger partial charge in [0.15, 0.2) is 0 Å². The van der Waals surface area contributed by atoms with Crippen molar-refractivity contribution in [2.45, 2.75) is 13.8 Å². The summed E-state index contributed by atoms with van der Waals surface area (Å²) in [6, 6.07) is 15.8. The minimum atomic E-state index is -0.696. The minimum absolute atomic E-state index is 0.200. The first kappa shape index (κ1) is 26.6. The SMILES string of the molecule is COc1ccc(-c2ccc(N3CCOCC3)cc2Nc2c(C)c(-c3cc(C)ccn3)nc3cc(F)cc(F)c23)cn1. The van der Waals surface area contributed by atoms with Gasteiger partial charge in [-0.05, 0) is 49.7 Å². The Morgan fingerprint density at radius 1 is 0.951 bits per heavy atom. The molecular weight excluding hydrogens is 524 g/mol. The van der Waals surface area contributed by atoms with Gasteiger partial charge in [-0.3, -0.25) is 4.98 Å². The van der Waals surface area contributed by atoms with E-state index in [1.165, 1.54) is 6.07 Å². The van der Waals surface area contributed by atoms with E-state index in [2.05, 4.69) is 31.2 Å². The number of benzene rings is 2. The lowest BCUT2D eigenvalue weighted by atomic mass is 10.0. The number of pyridine rings is 3. The van der Waals surface area contributed by atoms with E-state index in [0.717, 1.165) is 47.2 Å². The second-order valence-corrected chi connectivity index (χ2v) is 10.0. The summed E-state index contributed by atoms with van der Waals surface area (Å²) in [5, 5.41) is 3.73. The number of rotatable bonds is 6. The summed E-state index contributed by atoms with van der Waals surface area (Å²) in [5.74, 6) is -0.887. The van der Waals surface area contributed by atoms with Crippen molar-refractivity contribution in [3.05, 3.63) is 89.8 Å². The summed E-state index contributed by atoms with van der Waals surface area (Å²) < 4.78 is 40.7. The average Bonchev–Trinajstić information content (AvgIpc) is 2.98. The van der Waals surface area contributed by atoms with E-state index in [9.17, 15) is 4.39 Å². The summed E-state index contributed by atoms with van der Waals surface area (Å²) in [6.45, 7) is 6.65. The smallest absolute Gasteiger partial charge is 0.212 e. The van der Waals surface area contributed by atoms with Crippen LogP contribution in [0.15, 0.2) is 67.0 Å². The lowest BCUT2D eigenvalue weighted by Crippen LogP contribution is -2.36. The number of nitrogens with one attached hydrogen (secondary N) is 1. The summed E-state index contributed by atoms with van der Waals surface area (Å²) in [7, 11) is 1.57. The Kier molecular flexibility index (Phi) is 7.19. The van der Waals surface area contributed by atoms with Crippen LogP contribution in [-0.4, -0.2) is 48.4 Å². The molecule has 0 spiro atoms. The van der Waals surface area contributed by atoms with Crippen LogP contribution in [0.1, 0.15) is 11.1 Å². The highest BCUT2D eigenvalue weighted by atomic mass is 19.1. The Bertz CT molecular complexity index is 1740. The van der Waals surface area contributed by atoms with Crippen molar-refractivity contribution >= 4 is 28.0 Å². The normalized spacial score (nSPS) is 13.4. The molecule has 1 fully saturated rings. The molecule has 0 aliphatic carbocycles. The Balaban J connectivity index is 1.56. The topological polar surface area (TPSA) is 72.4 Å². The number of nitrogens with zero attached hydrogens (tertiary/aromatic N) is 4. The first-order chi connectivity index (χ1) is 19.9. The maximum Gasteiger partial charge on any atom is 0.212 e. The summed E-state index contributed by atoms with van der Waals surface area (Å²) in [5.41, 5.74) is 7.01. The van der Waals surface area contributed by atoms with Crippen LogP contribution in [0.3, 0.4) is 0 Å². The summed E-state index contributed by atoms with van der Waals surface area (Å²) >= 11 is 0. The number of morpholine rings is 1. The fourth-order valence-electron chi connectivity index (χ4n) is 5.18. The number of hydrogen-bond acceptors (Lipinski definition) is 7. The van der Waals surface area contributed by atoms with E-state index in [-0.39, 0.29) is 10.9 Å². The zero-order chi connectivity index (χ0) is 28.5.